The maximum atomic E-state index is 12.4. The van der Waals surface area contributed by atoms with Gasteiger partial charge in [0, 0.05) is 12.3 Å². The zero-order valence-electron chi connectivity index (χ0n) is 11.7. The molecular formula is C15H15ClN4O. The average molecular weight is 303 g/mol. The van der Waals surface area contributed by atoms with Gasteiger partial charge in [0.1, 0.15) is 0 Å². The Labute approximate surface area is 127 Å². The van der Waals surface area contributed by atoms with E-state index < -0.39 is 0 Å². The van der Waals surface area contributed by atoms with Gasteiger partial charge in [-0.1, -0.05) is 18.5 Å². The maximum absolute atomic E-state index is 12.4. The molecule has 1 atom stereocenters. The van der Waals surface area contributed by atoms with Crippen molar-refractivity contribution in [3.05, 3.63) is 34.2 Å². The van der Waals surface area contributed by atoms with Crippen LogP contribution in [0.3, 0.4) is 0 Å². The van der Waals surface area contributed by atoms with Crippen molar-refractivity contribution in [3.8, 4) is 5.82 Å². The molecular weight excluding hydrogens is 288 g/mol. The molecule has 1 fully saturated rings. The van der Waals surface area contributed by atoms with Gasteiger partial charge in [-0.15, -0.1) is 10.2 Å². The zero-order valence-corrected chi connectivity index (χ0v) is 12.5. The standard InChI is InChI=1S/C15H15ClN4O/c1-8-6-10-14(11(21)7-8)15(9-2-3-9)19-20(10)13-5-4-12(16)17-18-13/h4-5,8-9H,2-3,6-7H2,1H3. The number of hydrogen-bond donors (Lipinski definition) is 0. The number of rotatable bonds is 2. The van der Waals surface area contributed by atoms with Gasteiger partial charge in [0.25, 0.3) is 0 Å². The maximum Gasteiger partial charge on any atom is 0.176 e. The van der Waals surface area contributed by atoms with Crippen molar-refractivity contribution < 1.29 is 4.79 Å². The van der Waals surface area contributed by atoms with Crippen LogP contribution < -0.4 is 0 Å². The molecule has 1 unspecified atom stereocenters. The number of nitrogens with zero attached hydrogens (tertiary/aromatic N) is 4. The van der Waals surface area contributed by atoms with Gasteiger partial charge in [-0.3, -0.25) is 4.79 Å². The van der Waals surface area contributed by atoms with Gasteiger partial charge in [0.2, 0.25) is 0 Å². The quantitative estimate of drug-likeness (QED) is 0.855. The number of hydrogen-bond acceptors (Lipinski definition) is 4. The number of aromatic nitrogens is 4. The zero-order chi connectivity index (χ0) is 14.6. The second kappa shape index (κ2) is 4.63. The third-order valence-electron chi connectivity index (χ3n) is 4.16. The molecule has 0 amide bonds. The summed E-state index contributed by atoms with van der Waals surface area (Å²) in [6.07, 6.45) is 3.72. The predicted molar refractivity (Wildman–Crippen MR) is 78.0 cm³/mol. The van der Waals surface area contributed by atoms with Gasteiger partial charge in [0.05, 0.1) is 17.0 Å². The Morgan fingerprint density at radius 1 is 1.24 bits per heavy atom. The van der Waals surface area contributed by atoms with Crippen LogP contribution in [-0.4, -0.2) is 25.8 Å². The van der Waals surface area contributed by atoms with Crippen molar-refractivity contribution >= 4 is 17.4 Å². The summed E-state index contributed by atoms with van der Waals surface area (Å²) in [5, 5.41) is 13.0. The van der Waals surface area contributed by atoms with Crippen LogP contribution in [0.5, 0.6) is 0 Å². The molecule has 1 saturated carbocycles. The van der Waals surface area contributed by atoms with Gasteiger partial charge in [-0.05, 0) is 37.3 Å². The summed E-state index contributed by atoms with van der Waals surface area (Å²) in [5.41, 5.74) is 2.78. The van der Waals surface area contributed by atoms with Crippen molar-refractivity contribution in [3.63, 3.8) is 0 Å². The number of halogens is 1. The number of fused-ring (bicyclic) bond motifs is 1. The van der Waals surface area contributed by atoms with Crippen LogP contribution in [0.15, 0.2) is 12.1 Å². The first-order chi connectivity index (χ1) is 10.1. The average Bonchev–Trinajstić information content (AvgIpc) is 3.21. The molecule has 21 heavy (non-hydrogen) atoms. The lowest BCUT2D eigenvalue weighted by Gasteiger charge is -2.18. The lowest BCUT2D eigenvalue weighted by Crippen LogP contribution is -2.20. The van der Waals surface area contributed by atoms with E-state index in [-0.39, 0.29) is 5.78 Å². The van der Waals surface area contributed by atoms with E-state index in [0.717, 1.165) is 36.2 Å². The summed E-state index contributed by atoms with van der Waals surface area (Å²) in [6.45, 7) is 2.10. The van der Waals surface area contributed by atoms with Crippen molar-refractivity contribution in [1.29, 1.82) is 0 Å². The van der Waals surface area contributed by atoms with Crippen LogP contribution in [0.2, 0.25) is 5.15 Å². The van der Waals surface area contributed by atoms with Crippen molar-refractivity contribution in [2.24, 2.45) is 5.92 Å². The molecule has 0 saturated heterocycles. The molecule has 0 radical (unpaired) electrons. The van der Waals surface area contributed by atoms with E-state index in [1.54, 1.807) is 16.8 Å². The molecule has 5 nitrogen and oxygen atoms in total. The van der Waals surface area contributed by atoms with Crippen LogP contribution in [0.1, 0.15) is 53.8 Å². The molecule has 2 aliphatic carbocycles. The predicted octanol–water partition coefficient (Wildman–Crippen LogP) is 2.96. The van der Waals surface area contributed by atoms with E-state index in [1.807, 2.05) is 0 Å². The van der Waals surface area contributed by atoms with E-state index in [9.17, 15) is 4.79 Å². The molecule has 2 aliphatic rings. The summed E-state index contributed by atoms with van der Waals surface area (Å²) in [7, 11) is 0. The van der Waals surface area contributed by atoms with E-state index in [2.05, 4.69) is 22.2 Å². The van der Waals surface area contributed by atoms with Crippen molar-refractivity contribution in [2.45, 2.75) is 38.5 Å². The van der Waals surface area contributed by atoms with Crippen LogP contribution in [-0.2, 0) is 6.42 Å². The van der Waals surface area contributed by atoms with Crippen molar-refractivity contribution in [2.75, 3.05) is 0 Å². The SMILES string of the molecule is CC1CC(=O)c2c(C3CC3)nn(-c3ccc(Cl)nn3)c2C1. The summed E-state index contributed by atoms with van der Waals surface area (Å²) in [6, 6.07) is 3.49. The van der Waals surface area contributed by atoms with E-state index in [1.165, 1.54) is 0 Å². The minimum absolute atomic E-state index is 0.221. The van der Waals surface area contributed by atoms with Gasteiger partial charge >= 0.3 is 0 Å². The fraction of sp³-hybridized carbons (Fsp3) is 0.467. The van der Waals surface area contributed by atoms with Crippen molar-refractivity contribution in [1.82, 2.24) is 20.0 Å². The summed E-state index contributed by atoms with van der Waals surface area (Å²) in [5.74, 6) is 1.63. The summed E-state index contributed by atoms with van der Waals surface area (Å²) in [4.78, 5) is 12.4. The van der Waals surface area contributed by atoms with Crippen LogP contribution in [0, 0.1) is 5.92 Å². The molecule has 2 heterocycles. The fourth-order valence-electron chi connectivity index (χ4n) is 3.04. The molecule has 2 aromatic rings. The Bertz CT molecular complexity index is 718. The largest absolute Gasteiger partial charge is 0.294 e. The summed E-state index contributed by atoms with van der Waals surface area (Å²) >= 11 is 5.80. The highest BCUT2D eigenvalue weighted by Crippen LogP contribution is 2.44. The number of Topliss-reactive ketones (excluding diaryl/α,β-unsaturated/α-hetero) is 1. The monoisotopic (exact) mass is 302 g/mol. The van der Waals surface area contributed by atoms with E-state index in [0.29, 0.717) is 29.2 Å². The van der Waals surface area contributed by atoms with E-state index >= 15 is 0 Å². The molecule has 0 bridgehead atoms. The first kappa shape index (κ1) is 13.0. The topological polar surface area (TPSA) is 60.7 Å². The van der Waals surface area contributed by atoms with Gasteiger partial charge in [-0.2, -0.15) is 5.10 Å². The molecule has 4 rings (SSSR count). The molecule has 0 aromatic carbocycles. The first-order valence-electron chi connectivity index (χ1n) is 7.28. The molecule has 0 spiro atoms. The van der Waals surface area contributed by atoms with Gasteiger partial charge < -0.3 is 0 Å². The molecule has 0 aliphatic heterocycles. The normalized spacial score (nSPS) is 21.4. The van der Waals surface area contributed by atoms with E-state index in [4.69, 9.17) is 11.6 Å². The first-order valence-corrected chi connectivity index (χ1v) is 7.66. The lowest BCUT2D eigenvalue weighted by atomic mass is 9.86. The second-order valence-electron chi connectivity index (χ2n) is 6.04. The van der Waals surface area contributed by atoms with Crippen LogP contribution in [0.4, 0.5) is 0 Å². The molecule has 2 aromatic heterocycles. The third-order valence-corrected chi connectivity index (χ3v) is 4.36. The third kappa shape index (κ3) is 2.16. The minimum atomic E-state index is 0.221. The highest BCUT2D eigenvalue weighted by molar-refractivity contribution is 6.29. The van der Waals surface area contributed by atoms with Gasteiger partial charge in [-0.25, -0.2) is 4.68 Å². The highest BCUT2D eigenvalue weighted by atomic mass is 35.5. The molecule has 0 N–H and O–H groups in total. The Hall–Kier alpha value is -1.75. The molecule has 108 valence electrons. The smallest absolute Gasteiger partial charge is 0.176 e. The number of ketones is 1. The van der Waals surface area contributed by atoms with Crippen LogP contribution in [0.25, 0.3) is 5.82 Å². The van der Waals surface area contributed by atoms with Crippen LogP contribution >= 0.6 is 11.6 Å². The Morgan fingerprint density at radius 3 is 2.71 bits per heavy atom. The minimum Gasteiger partial charge on any atom is -0.294 e. The Morgan fingerprint density at radius 2 is 2.05 bits per heavy atom. The lowest BCUT2D eigenvalue weighted by molar-refractivity contribution is 0.0951. The second-order valence-corrected chi connectivity index (χ2v) is 6.43. The Balaban J connectivity index is 1.89. The highest BCUT2D eigenvalue weighted by Gasteiger charge is 2.37. The Kier molecular flexibility index (Phi) is 2.85. The molecule has 6 heteroatoms. The number of carbonyl (C=O) groups is 1. The van der Waals surface area contributed by atoms with Gasteiger partial charge in [0.15, 0.2) is 16.8 Å². The summed E-state index contributed by atoms with van der Waals surface area (Å²) < 4.78 is 1.79. The fourth-order valence-corrected chi connectivity index (χ4v) is 3.14. The number of carbonyl (C=O) groups excluding carboxylic acids is 1.